The van der Waals surface area contributed by atoms with Crippen LogP contribution in [-0.4, -0.2) is 4.57 Å². The molecule has 0 bridgehead atoms. The third-order valence-electron chi connectivity index (χ3n) is 4.92. The van der Waals surface area contributed by atoms with E-state index in [0.717, 1.165) is 28.3 Å². The SMILES string of the molecule is CCc1ccc(N=c2sc(-c3ccccc3F)c(C3CC3)n2CC)cc1. The summed E-state index contributed by atoms with van der Waals surface area (Å²) in [4.78, 5) is 6.89. The first kappa shape index (κ1) is 17.2. The number of rotatable bonds is 5. The average molecular weight is 367 g/mol. The first-order valence-electron chi connectivity index (χ1n) is 9.33. The second kappa shape index (κ2) is 7.20. The van der Waals surface area contributed by atoms with Gasteiger partial charge in [-0.25, -0.2) is 9.38 Å². The van der Waals surface area contributed by atoms with Gasteiger partial charge in [0.2, 0.25) is 0 Å². The molecule has 1 fully saturated rings. The van der Waals surface area contributed by atoms with Crippen LogP contribution in [0.4, 0.5) is 10.1 Å². The van der Waals surface area contributed by atoms with E-state index in [1.165, 1.54) is 24.1 Å². The number of aryl methyl sites for hydroxylation is 1. The van der Waals surface area contributed by atoms with Crippen LogP contribution in [-0.2, 0) is 13.0 Å². The minimum Gasteiger partial charge on any atom is -0.320 e. The lowest BCUT2D eigenvalue weighted by atomic mass is 10.1. The lowest BCUT2D eigenvalue weighted by Crippen LogP contribution is -2.15. The van der Waals surface area contributed by atoms with Crippen molar-refractivity contribution in [2.45, 2.75) is 45.6 Å². The molecule has 1 aromatic heterocycles. The van der Waals surface area contributed by atoms with Gasteiger partial charge in [0.05, 0.1) is 10.6 Å². The summed E-state index contributed by atoms with van der Waals surface area (Å²) in [5.74, 6) is 0.380. The Hall–Kier alpha value is -2.20. The van der Waals surface area contributed by atoms with Crippen molar-refractivity contribution in [1.82, 2.24) is 4.57 Å². The summed E-state index contributed by atoms with van der Waals surface area (Å²) in [7, 11) is 0. The van der Waals surface area contributed by atoms with Crippen molar-refractivity contribution in [1.29, 1.82) is 0 Å². The largest absolute Gasteiger partial charge is 0.320 e. The van der Waals surface area contributed by atoms with E-state index in [9.17, 15) is 4.39 Å². The van der Waals surface area contributed by atoms with Gasteiger partial charge in [0.1, 0.15) is 5.82 Å². The predicted molar refractivity (Wildman–Crippen MR) is 106 cm³/mol. The molecular weight excluding hydrogens is 343 g/mol. The minimum atomic E-state index is -0.155. The normalized spacial score (nSPS) is 14.8. The molecule has 3 aromatic rings. The molecule has 0 saturated heterocycles. The molecule has 1 aliphatic rings. The number of halogens is 1. The van der Waals surface area contributed by atoms with Crippen LogP contribution in [0.25, 0.3) is 10.4 Å². The van der Waals surface area contributed by atoms with Crippen LogP contribution in [0, 0.1) is 5.82 Å². The molecule has 0 aliphatic heterocycles. The molecular formula is C22H23FN2S. The maximum Gasteiger partial charge on any atom is 0.190 e. The topological polar surface area (TPSA) is 17.3 Å². The standard InChI is InChI=1S/C22H23FN2S/c1-3-15-9-13-17(14-10-15)24-22-25(4-2)20(16-11-12-16)21(26-22)18-7-5-6-8-19(18)23/h5-10,13-14,16H,3-4,11-12H2,1-2H3. The highest BCUT2D eigenvalue weighted by atomic mass is 32.1. The fraction of sp³-hybridized carbons (Fsp3) is 0.318. The quantitative estimate of drug-likeness (QED) is 0.523. The highest BCUT2D eigenvalue weighted by Crippen LogP contribution is 2.46. The van der Waals surface area contributed by atoms with Crippen molar-refractivity contribution in [3.63, 3.8) is 0 Å². The van der Waals surface area contributed by atoms with Gasteiger partial charge < -0.3 is 4.57 Å². The van der Waals surface area contributed by atoms with E-state index in [1.54, 1.807) is 23.5 Å². The maximum absolute atomic E-state index is 14.5. The zero-order valence-corrected chi connectivity index (χ0v) is 16.0. The molecule has 1 heterocycles. The zero-order valence-electron chi connectivity index (χ0n) is 15.2. The number of benzene rings is 2. The smallest absolute Gasteiger partial charge is 0.190 e. The van der Waals surface area contributed by atoms with Gasteiger partial charge in [-0.15, -0.1) is 0 Å². The Balaban J connectivity index is 1.88. The van der Waals surface area contributed by atoms with Crippen LogP contribution in [0.15, 0.2) is 53.5 Å². The van der Waals surface area contributed by atoms with E-state index in [2.05, 4.69) is 42.7 Å². The van der Waals surface area contributed by atoms with Crippen molar-refractivity contribution in [3.8, 4) is 10.4 Å². The molecule has 0 atom stereocenters. The molecule has 1 aliphatic carbocycles. The fourth-order valence-corrected chi connectivity index (χ4v) is 4.66. The first-order chi connectivity index (χ1) is 12.7. The Morgan fingerprint density at radius 1 is 1.08 bits per heavy atom. The van der Waals surface area contributed by atoms with Crippen LogP contribution in [0.3, 0.4) is 0 Å². The fourth-order valence-electron chi connectivity index (χ4n) is 3.33. The molecule has 26 heavy (non-hydrogen) atoms. The maximum atomic E-state index is 14.5. The summed E-state index contributed by atoms with van der Waals surface area (Å²) in [6.07, 6.45) is 3.39. The minimum absolute atomic E-state index is 0.155. The highest BCUT2D eigenvalue weighted by molar-refractivity contribution is 7.13. The summed E-state index contributed by atoms with van der Waals surface area (Å²) in [6.45, 7) is 5.14. The van der Waals surface area contributed by atoms with Gasteiger partial charge in [0.15, 0.2) is 4.80 Å². The molecule has 4 rings (SSSR count). The molecule has 0 unspecified atom stereocenters. The van der Waals surface area contributed by atoms with E-state index < -0.39 is 0 Å². The molecule has 0 amide bonds. The van der Waals surface area contributed by atoms with Crippen molar-refractivity contribution in [3.05, 3.63) is 70.4 Å². The second-order valence-corrected chi connectivity index (χ2v) is 7.71. The van der Waals surface area contributed by atoms with Gasteiger partial charge in [0, 0.05) is 23.7 Å². The molecule has 2 nitrogen and oxygen atoms in total. The van der Waals surface area contributed by atoms with E-state index in [-0.39, 0.29) is 5.82 Å². The van der Waals surface area contributed by atoms with Crippen molar-refractivity contribution < 1.29 is 4.39 Å². The van der Waals surface area contributed by atoms with E-state index >= 15 is 0 Å². The van der Waals surface area contributed by atoms with Gasteiger partial charge >= 0.3 is 0 Å². The summed E-state index contributed by atoms with van der Waals surface area (Å²) < 4.78 is 16.7. The summed E-state index contributed by atoms with van der Waals surface area (Å²) >= 11 is 1.61. The summed E-state index contributed by atoms with van der Waals surface area (Å²) in [6, 6.07) is 15.5. The monoisotopic (exact) mass is 366 g/mol. The van der Waals surface area contributed by atoms with Crippen molar-refractivity contribution >= 4 is 17.0 Å². The van der Waals surface area contributed by atoms with Crippen molar-refractivity contribution in [2.24, 2.45) is 4.99 Å². The van der Waals surface area contributed by atoms with E-state index in [0.29, 0.717) is 11.5 Å². The number of thiazole rings is 1. The van der Waals surface area contributed by atoms with Crippen molar-refractivity contribution in [2.75, 3.05) is 0 Å². The summed E-state index contributed by atoms with van der Waals surface area (Å²) in [5.41, 5.74) is 4.22. The Labute approximate surface area is 157 Å². The highest BCUT2D eigenvalue weighted by Gasteiger charge is 2.31. The Morgan fingerprint density at radius 2 is 1.81 bits per heavy atom. The first-order valence-corrected chi connectivity index (χ1v) is 10.1. The van der Waals surface area contributed by atoms with Crippen LogP contribution in [0.2, 0.25) is 0 Å². The average Bonchev–Trinajstić information content (AvgIpc) is 3.44. The second-order valence-electron chi connectivity index (χ2n) is 6.73. The molecule has 1 saturated carbocycles. The number of nitrogens with zero attached hydrogens (tertiary/aromatic N) is 2. The zero-order chi connectivity index (χ0) is 18.1. The molecule has 134 valence electrons. The van der Waals surface area contributed by atoms with Gasteiger partial charge in [-0.2, -0.15) is 0 Å². The number of hydrogen-bond acceptors (Lipinski definition) is 2. The number of hydrogen-bond donors (Lipinski definition) is 0. The molecule has 0 spiro atoms. The van der Waals surface area contributed by atoms with Gasteiger partial charge in [-0.3, -0.25) is 0 Å². The van der Waals surface area contributed by atoms with Crippen LogP contribution < -0.4 is 4.80 Å². The van der Waals surface area contributed by atoms with Crippen LogP contribution in [0.5, 0.6) is 0 Å². The lowest BCUT2D eigenvalue weighted by molar-refractivity contribution is 0.630. The van der Waals surface area contributed by atoms with Gasteiger partial charge in [0.25, 0.3) is 0 Å². The molecule has 0 radical (unpaired) electrons. The molecule has 0 N–H and O–H groups in total. The Kier molecular flexibility index (Phi) is 4.77. The van der Waals surface area contributed by atoms with E-state index in [1.807, 2.05) is 12.1 Å². The predicted octanol–water partition coefficient (Wildman–Crippen LogP) is 6.05. The van der Waals surface area contributed by atoms with Gasteiger partial charge in [-0.05, 0) is 49.9 Å². The van der Waals surface area contributed by atoms with Crippen LogP contribution in [0.1, 0.15) is 43.9 Å². The molecule has 4 heteroatoms. The third-order valence-corrected chi connectivity index (χ3v) is 6.04. The van der Waals surface area contributed by atoms with E-state index in [4.69, 9.17) is 4.99 Å². The lowest BCUT2D eigenvalue weighted by Gasteiger charge is -2.08. The molecule has 2 aromatic carbocycles. The number of aromatic nitrogens is 1. The Bertz CT molecular complexity index is 978. The van der Waals surface area contributed by atoms with Crippen LogP contribution >= 0.6 is 11.3 Å². The third kappa shape index (κ3) is 3.26. The van der Waals surface area contributed by atoms with Gasteiger partial charge in [-0.1, -0.05) is 48.6 Å². The summed E-state index contributed by atoms with van der Waals surface area (Å²) in [5, 5.41) is 0. The Morgan fingerprint density at radius 3 is 2.42 bits per heavy atom.